The van der Waals surface area contributed by atoms with E-state index < -0.39 is 10.7 Å². The van der Waals surface area contributed by atoms with Gasteiger partial charge in [0, 0.05) is 17.2 Å². The molecule has 0 N–H and O–H groups in total. The number of hydrogen-bond acceptors (Lipinski definition) is 3. The summed E-state index contributed by atoms with van der Waals surface area (Å²) in [6.07, 6.45) is 0. The summed E-state index contributed by atoms with van der Waals surface area (Å²) in [6.45, 7) is 1.80. The Morgan fingerprint density at radius 2 is 2.25 bits per heavy atom. The molecule has 0 amide bonds. The van der Waals surface area contributed by atoms with Crippen molar-refractivity contribution >= 4 is 40.7 Å². The number of rotatable bonds is 4. The molecular formula is C9H8Cl2FNO2S. The van der Waals surface area contributed by atoms with E-state index in [0.717, 1.165) is 23.9 Å². The van der Waals surface area contributed by atoms with Gasteiger partial charge in [-0.15, -0.1) is 23.4 Å². The lowest BCUT2D eigenvalue weighted by atomic mass is 10.3. The standard InChI is InChI=1S/C9H8Cl2FNO2S/c1-5(4-10)16-9-3-7(12)6(11)2-8(9)13(14)15/h2-3,5H,4H2,1H3. The van der Waals surface area contributed by atoms with E-state index in [4.69, 9.17) is 23.2 Å². The van der Waals surface area contributed by atoms with Gasteiger partial charge in [-0.05, 0) is 6.07 Å². The molecule has 0 bridgehead atoms. The molecule has 0 spiro atoms. The van der Waals surface area contributed by atoms with Crippen LogP contribution in [0, 0.1) is 15.9 Å². The number of nitro benzene ring substituents is 1. The first-order chi connectivity index (χ1) is 7.45. The molecule has 1 unspecified atom stereocenters. The largest absolute Gasteiger partial charge is 0.284 e. The molecule has 0 aromatic heterocycles. The third-order valence-electron chi connectivity index (χ3n) is 1.74. The van der Waals surface area contributed by atoms with Crippen LogP contribution in [0.1, 0.15) is 6.92 Å². The fourth-order valence-corrected chi connectivity index (χ4v) is 2.27. The zero-order valence-corrected chi connectivity index (χ0v) is 10.6. The van der Waals surface area contributed by atoms with Crippen molar-refractivity contribution in [1.82, 2.24) is 0 Å². The number of nitrogens with zero attached hydrogens (tertiary/aromatic N) is 1. The lowest BCUT2D eigenvalue weighted by Gasteiger charge is -2.08. The van der Waals surface area contributed by atoms with Gasteiger partial charge in [-0.1, -0.05) is 18.5 Å². The average molecular weight is 284 g/mol. The molecule has 0 saturated heterocycles. The summed E-state index contributed by atoms with van der Waals surface area (Å²) in [4.78, 5) is 10.4. The Labute approximate surface area is 106 Å². The van der Waals surface area contributed by atoms with Gasteiger partial charge in [0.15, 0.2) is 0 Å². The Balaban J connectivity index is 3.14. The van der Waals surface area contributed by atoms with Crippen LogP contribution in [0.4, 0.5) is 10.1 Å². The second-order valence-electron chi connectivity index (χ2n) is 3.07. The molecule has 0 aliphatic heterocycles. The van der Waals surface area contributed by atoms with Crippen molar-refractivity contribution in [2.24, 2.45) is 0 Å². The Morgan fingerprint density at radius 3 is 2.75 bits per heavy atom. The van der Waals surface area contributed by atoms with Crippen LogP contribution in [0.2, 0.25) is 5.02 Å². The van der Waals surface area contributed by atoms with E-state index in [1.54, 1.807) is 6.92 Å². The quantitative estimate of drug-likeness (QED) is 0.362. The van der Waals surface area contributed by atoms with E-state index in [0.29, 0.717) is 5.88 Å². The van der Waals surface area contributed by atoms with Gasteiger partial charge in [-0.3, -0.25) is 10.1 Å². The summed E-state index contributed by atoms with van der Waals surface area (Å²) in [7, 11) is 0. The fourth-order valence-electron chi connectivity index (χ4n) is 1.00. The van der Waals surface area contributed by atoms with Crippen LogP contribution in [0.15, 0.2) is 17.0 Å². The lowest BCUT2D eigenvalue weighted by molar-refractivity contribution is -0.387. The molecule has 16 heavy (non-hydrogen) atoms. The van der Waals surface area contributed by atoms with E-state index in [9.17, 15) is 14.5 Å². The molecule has 0 aliphatic rings. The highest BCUT2D eigenvalue weighted by atomic mass is 35.5. The molecule has 0 fully saturated rings. The fraction of sp³-hybridized carbons (Fsp3) is 0.333. The molecule has 88 valence electrons. The Bertz CT molecular complexity index is 417. The summed E-state index contributed by atoms with van der Waals surface area (Å²) < 4.78 is 13.2. The van der Waals surface area contributed by atoms with Crippen molar-refractivity contribution in [2.75, 3.05) is 5.88 Å². The number of benzene rings is 1. The van der Waals surface area contributed by atoms with Gasteiger partial charge >= 0.3 is 0 Å². The second kappa shape index (κ2) is 5.70. The highest BCUT2D eigenvalue weighted by molar-refractivity contribution is 8.00. The van der Waals surface area contributed by atoms with Crippen molar-refractivity contribution in [3.05, 3.63) is 33.1 Å². The monoisotopic (exact) mass is 283 g/mol. The van der Waals surface area contributed by atoms with Crippen molar-refractivity contribution in [2.45, 2.75) is 17.1 Å². The maximum atomic E-state index is 13.2. The second-order valence-corrected chi connectivity index (χ2v) is 5.27. The maximum Gasteiger partial charge on any atom is 0.284 e. The van der Waals surface area contributed by atoms with E-state index in [2.05, 4.69) is 0 Å². The summed E-state index contributed by atoms with van der Waals surface area (Å²) in [5.41, 5.74) is -0.201. The number of hydrogen-bond donors (Lipinski definition) is 0. The molecule has 7 heteroatoms. The molecule has 0 heterocycles. The normalized spacial score (nSPS) is 12.5. The molecule has 1 rings (SSSR count). The number of nitro groups is 1. The third kappa shape index (κ3) is 3.23. The average Bonchev–Trinajstić information content (AvgIpc) is 2.22. The molecule has 1 aromatic carbocycles. The number of halogens is 3. The van der Waals surface area contributed by atoms with Crippen molar-refractivity contribution in [3.63, 3.8) is 0 Å². The minimum Gasteiger partial charge on any atom is -0.258 e. The highest BCUT2D eigenvalue weighted by Gasteiger charge is 2.19. The predicted molar refractivity (Wildman–Crippen MR) is 64.1 cm³/mol. The minimum absolute atomic E-state index is 0.0408. The molecule has 0 radical (unpaired) electrons. The van der Waals surface area contributed by atoms with Crippen LogP contribution < -0.4 is 0 Å². The van der Waals surface area contributed by atoms with E-state index in [1.807, 2.05) is 0 Å². The lowest BCUT2D eigenvalue weighted by Crippen LogP contribution is -2.00. The van der Waals surface area contributed by atoms with Crippen LogP contribution in [0.5, 0.6) is 0 Å². The first-order valence-electron chi connectivity index (χ1n) is 4.31. The molecule has 0 saturated carbocycles. The van der Waals surface area contributed by atoms with Crippen LogP contribution in [0.25, 0.3) is 0 Å². The topological polar surface area (TPSA) is 43.1 Å². The summed E-state index contributed by atoms with van der Waals surface area (Å²) in [6, 6.07) is 2.08. The van der Waals surface area contributed by atoms with Gasteiger partial charge in [0.25, 0.3) is 5.69 Å². The van der Waals surface area contributed by atoms with E-state index in [1.165, 1.54) is 0 Å². The summed E-state index contributed by atoms with van der Waals surface area (Å²) in [5, 5.41) is 10.4. The number of thioether (sulfide) groups is 1. The SMILES string of the molecule is CC(CCl)Sc1cc(F)c(Cl)cc1[N+](=O)[O-]. The Kier molecular flexibility index (Phi) is 4.83. The van der Waals surface area contributed by atoms with Crippen LogP contribution in [0.3, 0.4) is 0 Å². The van der Waals surface area contributed by atoms with Gasteiger partial charge in [-0.25, -0.2) is 4.39 Å². The molecule has 1 atom stereocenters. The van der Waals surface area contributed by atoms with Crippen molar-refractivity contribution in [1.29, 1.82) is 0 Å². The Morgan fingerprint density at radius 1 is 1.62 bits per heavy atom. The van der Waals surface area contributed by atoms with Gasteiger partial charge in [0.2, 0.25) is 0 Å². The van der Waals surface area contributed by atoms with Crippen LogP contribution in [-0.4, -0.2) is 16.1 Å². The van der Waals surface area contributed by atoms with E-state index in [-0.39, 0.29) is 20.9 Å². The first kappa shape index (κ1) is 13.5. The summed E-state index contributed by atoms with van der Waals surface area (Å²) >= 11 is 12.2. The zero-order valence-electron chi connectivity index (χ0n) is 8.25. The summed E-state index contributed by atoms with van der Waals surface area (Å²) in [5.74, 6) is -0.344. The Hall–Kier alpha value is -0.520. The first-order valence-corrected chi connectivity index (χ1v) is 6.11. The third-order valence-corrected chi connectivity index (χ3v) is 3.83. The number of alkyl halides is 1. The van der Waals surface area contributed by atoms with Gasteiger partial charge in [0.1, 0.15) is 5.82 Å². The van der Waals surface area contributed by atoms with Crippen LogP contribution >= 0.6 is 35.0 Å². The van der Waals surface area contributed by atoms with Crippen LogP contribution in [-0.2, 0) is 0 Å². The molecule has 0 aliphatic carbocycles. The predicted octanol–water partition coefficient (Wildman–Crippen LogP) is 4.11. The molecule has 1 aromatic rings. The van der Waals surface area contributed by atoms with Crippen molar-refractivity contribution < 1.29 is 9.31 Å². The van der Waals surface area contributed by atoms with Gasteiger partial charge < -0.3 is 0 Å². The molecule has 3 nitrogen and oxygen atoms in total. The minimum atomic E-state index is -0.670. The van der Waals surface area contributed by atoms with Gasteiger partial charge in [0.05, 0.1) is 14.8 Å². The van der Waals surface area contributed by atoms with Crippen molar-refractivity contribution in [3.8, 4) is 0 Å². The van der Waals surface area contributed by atoms with E-state index >= 15 is 0 Å². The highest BCUT2D eigenvalue weighted by Crippen LogP contribution is 2.35. The van der Waals surface area contributed by atoms with Gasteiger partial charge in [-0.2, -0.15) is 0 Å². The molecular weight excluding hydrogens is 276 g/mol. The maximum absolute atomic E-state index is 13.2. The zero-order chi connectivity index (χ0) is 12.3. The smallest absolute Gasteiger partial charge is 0.258 e.